The first kappa shape index (κ1) is 17.8. The minimum Gasteiger partial charge on any atom is -0.482 e. The number of benzene rings is 2. The number of amides is 1. The summed E-state index contributed by atoms with van der Waals surface area (Å²) in [6, 6.07) is 16.7. The van der Waals surface area contributed by atoms with Crippen molar-refractivity contribution < 1.29 is 13.9 Å². The molecule has 1 aromatic heterocycles. The summed E-state index contributed by atoms with van der Waals surface area (Å²) < 4.78 is 20.4. The molecule has 142 valence electrons. The fourth-order valence-electron chi connectivity index (χ4n) is 3.04. The molecule has 7 heteroatoms. The molecule has 28 heavy (non-hydrogen) atoms. The zero-order valence-corrected chi connectivity index (χ0v) is 15.0. The molecular formula is C21H18FN3O3. The number of nitrogens with zero attached hydrogens (tertiary/aromatic N) is 2. The Labute approximate surface area is 160 Å². The average Bonchev–Trinajstić information content (AvgIpc) is 2.72. The Morgan fingerprint density at radius 3 is 2.46 bits per heavy atom. The second kappa shape index (κ2) is 7.56. The molecule has 1 amide bonds. The molecule has 0 fully saturated rings. The summed E-state index contributed by atoms with van der Waals surface area (Å²) in [4.78, 5) is 27.0. The van der Waals surface area contributed by atoms with Gasteiger partial charge in [0.25, 0.3) is 5.91 Å². The third-order valence-corrected chi connectivity index (χ3v) is 4.49. The number of carbonyl (C=O) groups is 1. The average molecular weight is 379 g/mol. The quantitative estimate of drug-likeness (QED) is 0.740. The molecule has 0 saturated heterocycles. The van der Waals surface area contributed by atoms with Gasteiger partial charge in [0.2, 0.25) is 5.43 Å². The summed E-state index contributed by atoms with van der Waals surface area (Å²) >= 11 is 0. The van der Waals surface area contributed by atoms with E-state index in [0.29, 0.717) is 0 Å². The Morgan fingerprint density at radius 1 is 0.964 bits per heavy atom. The van der Waals surface area contributed by atoms with E-state index in [9.17, 15) is 14.0 Å². The molecule has 0 saturated carbocycles. The standard InChI is InChI=1S/C21H18FN3O3/c22-17-8-6-15(7-9-17)12-24-14-23-25-11-10-18(26)20(19(25)21(24)27)28-13-16-4-2-1-3-5-16/h1-11,23H,12-14H2. The molecule has 0 unspecified atom stereocenters. The zero-order valence-electron chi connectivity index (χ0n) is 15.0. The van der Waals surface area contributed by atoms with Crippen molar-refractivity contribution in [3.63, 3.8) is 0 Å². The topological polar surface area (TPSA) is 63.6 Å². The van der Waals surface area contributed by atoms with Crippen LogP contribution in [0.5, 0.6) is 5.75 Å². The smallest absolute Gasteiger partial charge is 0.278 e. The van der Waals surface area contributed by atoms with Crippen molar-refractivity contribution in [2.75, 3.05) is 12.1 Å². The monoisotopic (exact) mass is 379 g/mol. The van der Waals surface area contributed by atoms with E-state index in [1.54, 1.807) is 12.1 Å². The van der Waals surface area contributed by atoms with Gasteiger partial charge in [0.15, 0.2) is 11.4 Å². The van der Waals surface area contributed by atoms with E-state index < -0.39 is 0 Å². The van der Waals surface area contributed by atoms with Crippen LogP contribution >= 0.6 is 0 Å². The Balaban J connectivity index is 1.60. The lowest BCUT2D eigenvalue weighted by atomic mass is 10.2. The first-order valence-corrected chi connectivity index (χ1v) is 8.82. The van der Waals surface area contributed by atoms with Gasteiger partial charge in [0.1, 0.15) is 19.1 Å². The minimum absolute atomic E-state index is 0.00709. The van der Waals surface area contributed by atoms with E-state index >= 15 is 0 Å². The molecule has 4 rings (SSSR count). The van der Waals surface area contributed by atoms with Gasteiger partial charge in [-0.2, -0.15) is 0 Å². The number of carbonyl (C=O) groups excluding carboxylic acids is 1. The van der Waals surface area contributed by atoms with E-state index in [-0.39, 0.29) is 48.4 Å². The second-order valence-electron chi connectivity index (χ2n) is 6.45. The van der Waals surface area contributed by atoms with Crippen LogP contribution < -0.4 is 15.6 Å². The predicted molar refractivity (Wildman–Crippen MR) is 102 cm³/mol. The summed E-state index contributed by atoms with van der Waals surface area (Å²) in [5, 5.41) is 0. The van der Waals surface area contributed by atoms with Crippen LogP contribution in [0.25, 0.3) is 0 Å². The molecular weight excluding hydrogens is 361 g/mol. The van der Waals surface area contributed by atoms with Gasteiger partial charge in [-0.15, -0.1) is 0 Å². The lowest BCUT2D eigenvalue weighted by Gasteiger charge is -2.31. The SMILES string of the molecule is O=C1c2c(OCc3ccccc3)c(=O)ccn2NCN1Cc1ccc(F)cc1. The van der Waals surface area contributed by atoms with Crippen LogP contribution in [0.1, 0.15) is 21.6 Å². The Hall–Kier alpha value is -3.61. The van der Waals surface area contributed by atoms with Gasteiger partial charge in [-0.05, 0) is 23.3 Å². The summed E-state index contributed by atoms with van der Waals surface area (Å²) in [5.74, 6) is -0.656. The van der Waals surface area contributed by atoms with E-state index in [4.69, 9.17) is 4.74 Å². The first-order valence-electron chi connectivity index (χ1n) is 8.82. The molecule has 0 radical (unpaired) electrons. The Morgan fingerprint density at radius 2 is 1.71 bits per heavy atom. The molecule has 6 nitrogen and oxygen atoms in total. The van der Waals surface area contributed by atoms with Crippen molar-refractivity contribution in [2.24, 2.45) is 0 Å². The molecule has 2 heterocycles. The van der Waals surface area contributed by atoms with E-state index in [0.717, 1.165) is 11.1 Å². The number of rotatable bonds is 5. The Kier molecular flexibility index (Phi) is 4.80. The number of hydrogen-bond donors (Lipinski definition) is 1. The first-order chi connectivity index (χ1) is 13.6. The van der Waals surface area contributed by atoms with Crippen LogP contribution in [0.4, 0.5) is 4.39 Å². The Bertz CT molecular complexity index is 1050. The number of nitrogens with one attached hydrogen (secondary N) is 1. The van der Waals surface area contributed by atoms with E-state index in [1.165, 1.54) is 34.0 Å². The van der Waals surface area contributed by atoms with Gasteiger partial charge < -0.3 is 15.1 Å². The third-order valence-electron chi connectivity index (χ3n) is 4.49. The van der Waals surface area contributed by atoms with Crippen molar-refractivity contribution in [2.45, 2.75) is 13.2 Å². The van der Waals surface area contributed by atoms with E-state index in [1.807, 2.05) is 30.3 Å². The highest BCUT2D eigenvalue weighted by Gasteiger charge is 2.29. The van der Waals surface area contributed by atoms with Crippen LogP contribution in [-0.2, 0) is 13.2 Å². The third kappa shape index (κ3) is 3.59. The molecule has 1 N–H and O–H groups in total. The summed E-state index contributed by atoms with van der Waals surface area (Å²) in [7, 11) is 0. The van der Waals surface area contributed by atoms with Crippen molar-refractivity contribution in [3.8, 4) is 5.75 Å². The van der Waals surface area contributed by atoms with Crippen molar-refractivity contribution >= 4 is 5.91 Å². The number of ether oxygens (including phenoxy) is 1. The van der Waals surface area contributed by atoms with Crippen molar-refractivity contribution in [1.29, 1.82) is 0 Å². The maximum Gasteiger partial charge on any atom is 0.278 e. The van der Waals surface area contributed by atoms with Crippen molar-refractivity contribution in [1.82, 2.24) is 9.58 Å². The molecule has 0 aliphatic carbocycles. The van der Waals surface area contributed by atoms with Crippen LogP contribution in [0.3, 0.4) is 0 Å². The second-order valence-corrected chi connectivity index (χ2v) is 6.45. The fourth-order valence-corrected chi connectivity index (χ4v) is 3.04. The molecule has 1 aliphatic heterocycles. The summed E-state index contributed by atoms with van der Waals surface area (Å²) in [6.45, 7) is 0.718. The van der Waals surface area contributed by atoms with Gasteiger partial charge in [-0.25, -0.2) is 4.39 Å². The number of fused-ring (bicyclic) bond motifs is 1. The molecule has 2 aromatic carbocycles. The van der Waals surface area contributed by atoms with Gasteiger partial charge in [-0.1, -0.05) is 42.5 Å². The normalized spacial score (nSPS) is 13.0. The van der Waals surface area contributed by atoms with Gasteiger partial charge in [-0.3, -0.25) is 14.3 Å². The highest BCUT2D eigenvalue weighted by molar-refractivity contribution is 5.96. The van der Waals surface area contributed by atoms with Crippen molar-refractivity contribution in [3.05, 3.63) is 99.7 Å². The van der Waals surface area contributed by atoms with Gasteiger partial charge in [0, 0.05) is 18.8 Å². The molecule has 0 bridgehead atoms. The van der Waals surface area contributed by atoms with Gasteiger partial charge >= 0.3 is 0 Å². The molecule has 0 spiro atoms. The molecule has 1 aliphatic rings. The zero-order chi connectivity index (χ0) is 19.5. The maximum atomic E-state index is 13.1. The van der Waals surface area contributed by atoms with Crippen LogP contribution in [0.15, 0.2) is 71.7 Å². The van der Waals surface area contributed by atoms with Crippen LogP contribution in [0, 0.1) is 5.82 Å². The van der Waals surface area contributed by atoms with Crippen LogP contribution in [-0.4, -0.2) is 22.2 Å². The molecule has 3 aromatic rings. The molecule has 0 atom stereocenters. The highest BCUT2D eigenvalue weighted by atomic mass is 19.1. The minimum atomic E-state index is -0.360. The largest absolute Gasteiger partial charge is 0.482 e. The van der Waals surface area contributed by atoms with Gasteiger partial charge in [0.05, 0.1) is 0 Å². The number of hydrogen-bond acceptors (Lipinski definition) is 4. The fraction of sp³-hybridized carbons (Fsp3) is 0.143. The lowest BCUT2D eigenvalue weighted by Crippen LogP contribution is -2.46. The number of aromatic nitrogens is 1. The summed E-state index contributed by atoms with van der Waals surface area (Å²) in [6.07, 6.45) is 1.51. The maximum absolute atomic E-state index is 13.1. The number of pyridine rings is 1. The summed E-state index contributed by atoms with van der Waals surface area (Å²) in [5.41, 5.74) is 4.54. The predicted octanol–water partition coefficient (Wildman–Crippen LogP) is 2.72. The lowest BCUT2D eigenvalue weighted by molar-refractivity contribution is 0.0706. The highest BCUT2D eigenvalue weighted by Crippen LogP contribution is 2.21. The number of halogens is 1. The van der Waals surface area contributed by atoms with E-state index in [2.05, 4.69) is 5.43 Å². The van der Waals surface area contributed by atoms with Crippen LogP contribution in [0.2, 0.25) is 0 Å².